The quantitative estimate of drug-likeness (QED) is 0.721. The Labute approximate surface area is 156 Å². The van der Waals surface area contributed by atoms with Crippen molar-refractivity contribution >= 4 is 27.7 Å². The van der Waals surface area contributed by atoms with Crippen LogP contribution in [0, 0.1) is 11.7 Å². The first-order valence-corrected chi connectivity index (χ1v) is 9.43. The molecule has 1 aliphatic rings. The van der Waals surface area contributed by atoms with Gasteiger partial charge in [0.25, 0.3) is 5.91 Å². The molecule has 1 fully saturated rings. The summed E-state index contributed by atoms with van der Waals surface area (Å²) in [6.45, 7) is 3.15. The van der Waals surface area contributed by atoms with Crippen molar-refractivity contribution in [1.29, 1.82) is 0 Å². The molecule has 0 bridgehead atoms. The van der Waals surface area contributed by atoms with E-state index in [9.17, 15) is 14.0 Å². The Morgan fingerprint density at radius 1 is 1.24 bits per heavy atom. The lowest BCUT2D eigenvalue weighted by Crippen LogP contribution is -2.34. The standard InChI is InChI=1S/C18H25BrFN3O2/c1-23-10-6-13(7-11-23)4-8-21-17(24)5-9-22-18(25)15-12-14(20)2-3-16(15)19/h2-3,12-13H,4-11H2,1H3,(H,21,24)(H,22,25). The van der Waals surface area contributed by atoms with Crippen LogP contribution in [-0.2, 0) is 4.79 Å². The van der Waals surface area contributed by atoms with Gasteiger partial charge >= 0.3 is 0 Å². The first-order chi connectivity index (χ1) is 12.0. The van der Waals surface area contributed by atoms with E-state index in [2.05, 4.69) is 38.5 Å². The lowest BCUT2D eigenvalue weighted by molar-refractivity contribution is -0.121. The van der Waals surface area contributed by atoms with Crippen molar-refractivity contribution in [3.63, 3.8) is 0 Å². The molecule has 1 aromatic carbocycles. The molecule has 2 amide bonds. The molecule has 1 heterocycles. The van der Waals surface area contributed by atoms with Crippen LogP contribution in [0.25, 0.3) is 0 Å². The van der Waals surface area contributed by atoms with Gasteiger partial charge in [0, 0.05) is 24.0 Å². The van der Waals surface area contributed by atoms with Gasteiger partial charge < -0.3 is 15.5 Å². The van der Waals surface area contributed by atoms with Gasteiger partial charge in [0.1, 0.15) is 5.82 Å². The second-order valence-corrected chi connectivity index (χ2v) is 7.37. The molecule has 5 nitrogen and oxygen atoms in total. The van der Waals surface area contributed by atoms with Gasteiger partial charge in [-0.25, -0.2) is 4.39 Å². The van der Waals surface area contributed by atoms with E-state index < -0.39 is 11.7 Å². The second-order valence-electron chi connectivity index (χ2n) is 6.52. The first kappa shape index (κ1) is 19.8. The fourth-order valence-corrected chi connectivity index (χ4v) is 3.34. The van der Waals surface area contributed by atoms with Gasteiger partial charge in [0.05, 0.1) is 5.56 Å². The zero-order valence-electron chi connectivity index (χ0n) is 14.5. The molecule has 0 radical (unpaired) electrons. The number of likely N-dealkylation sites (tertiary alicyclic amines) is 1. The summed E-state index contributed by atoms with van der Waals surface area (Å²) >= 11 is 3.22. The Bertz CT molecular complexity index is 604. The highest BCUT2D eigenvalue weighted by Gasteiger charge is 2.16. The Kier molecular flexibility index (Phi) is 7.84. The third kappa shape index (κ3) is 6.74. The van der Waals surface area contributed by atoms with Gasteiger partial charge in [0.15, 0.2) is 0 Å². The van der Waals surface area contributed by atoms with Gasteiger partial charge in [-0.2, -0.15) is 0 Å². The van der Waals surface area contributed by atoms with Crippen LogP contribution in [-0.4, -0.2) is 49.9 Å². The normalized spacial score (nSPS) is 15.8. The average Bonchev–Trinajstić information content (AvgIpc) is 2.58. The minimum Gasteiger partial charge on any atom is -0.356 e. The predicted molar refractivity (Wildman–Crippen MR) is 98.9 cm³/mol. The van der Waals surface area contributed by atoms with Crippen molar-refractivity contribution in [2.24, 2.45) is 5.92 Å². The number of carbonyl (C=O) groups is 2. The van der Waals surface area contributed by atoms with Crippen molar-refractivity contribution in [2.75, 3.05) is 33.2 Å². The summed E-state index contributed by atoms with van der Waals surface area (Å²) in [5.41, 5.74) is 0.225. The number of carbonyl (C=O) groups excluding carboxylic acids is 2. The van der Waals surface area contributed by atoms with Crippen molar-refractivity contribution in [1.82, 2.24) is 15.5 Å². The lowest BCUT2D eigenvalue weighted by Gasteiger charge is -2.28. The number of halogens is 2. The lowest BCUT2D eigenvalue weighted by atomic mass is 9.94. The fourth-order valence-electron chi connectivity index (χ4n) is 2.91. The number of hydrogen-bond acceptors (Lipinski definition) is 3. The van der Waals surface area contributed by atoms with Gasteiger partial charge in [-0.15, -0.1) is 0 Å². The molecule has 7 heteroatoms. The fraction of sp³-hybridized carbons (Fsp3) is 0.556. The second kappa shape index (κ2) is 9.87. The Morgan fingerprint density at radius 2 is 1.96 bits per heavy atom. The first-order valence-electron chi connectivity index (χ1n) is 8.64. The molecule has 0 aromatic heterocycles. The van der Waals surface area contributed by atoms with Crippen LogP contribution in [0.1, 0.15) is 36.0 Å². The molecule has 0 unspecified atom stereocenters. The van der Waals surface area contributed by atoms with Gasteiger partial charge in [0.2, 0.25) is 5.91 Å². The third-order valence-corrected chi connectivity index (χ3v) is 5.22. The maximum absolute atomic E-state index is 13.2. The zero-order chi connectivity index (χ0) is 18.2. The molecular formula is C18H25BrFN3O2. The number of rotatable bonds is 7. The molecule has 0 atom stereocenters. The topological polar surface area (TPSA) is 61.4 Å². The molecular weight excluding hydrogens is 389 g/mol. The van der Waals surface area contributed by atoms with E-state index in [1.807, 2.05) is 0 Å². The smallest absolute Gasteiger partial charge is 0.252 e. The maximum Gasteiger partial charge on any atom is 0.252 e. The summed E-state index contributed by atoms with van der Waals surface area (Å²) in [6, 6.07) is 3.93. The van der Waals surface area contributed by atoms with Crippen LogP contribution in [0.15, 0.2) is 22.7 Å². The molecule has 25 heavy (non-hydrogen) atoms. The minimum atomic E-state index is -0.472. The summed E-state index contributed by atoms with van der Waals surface area (Å²) in [4.78, 5) is 26.2. The molecule has 2 rings (SSSR count). The zero-order valence-corrected chi connectivity index (χ0v) is 16.1. The van der Waals surface area contributed by atoms with Crippen LogP contribution in [0.5, 0.6) is 0 Å². The highest BCUT2D eigenvalue weighted by Crippen LogP contribution is 2.19. The Hall–Kier alpha value is -1.47. The van der Waals surface area contributed by atoms with E-state index >= 15 is 0 Å². The van der Waals surface area contributed by atoms with Crippen LogP contribution in [0.3, 0.4) is 0 Å². The Morgan fingerprint density at radius 3 is 2.68 bits per heavy atom. The van der Waals surface area contributed by atoms with Gasteiger partial charge in [-0.1, -0.05) is 0 Å². The maximum atomic E-state index is 13.2. The van der Waals surface area contributed by atoms with E-state index in [0.29, 0.717) is 16.9 Å². The van der Waals surface area contributed by atoms with Crippen molar-refractivity contribution < 1.29 is 14.0 Å². The monoisotopic (exact) mass is 413 g/mol. The predicted octanol–water partition coefficient (Wildman–Crippen LogP) is 2.56. The van der Waals surface area contributed by atoms with Gasteiger partial charge in [-0.05, 0) is 79.4 Å². The third-order valence-electron chi connectivity index (χ3n) is 4.52. The number of benzene rings is 1. The van der Waals surface area contributed by atoms with Crippen LogP contribution >= 0.6 is 15.9 Å². The van der Waals surface area contributed by atoms with Crippen LogP contribution in [0.2, 0.25) is 0 Å². The van der Waals surface area contributed by atoms with E-state index in [-0.39, 0.29) is 24.4 Å². The molecule has 138 valence electrons. The van der Waals surface area contributed by atoms with Gasteiger partial charge in [-0.3, -0.25) is 9.59 Å². The summed E-state index contributed by atoms with van der Waals surface area (Å²) < 4.78 is 13.7. The highest BCUT2D eigenvalue weighted by molar-refractivity contribution is 9.10. The highest BCUT2D eigenvalue weighted by atomic mass is 79.9. The average molecular weight is 414 g/mol. The largest absolute Gasteiger partial charge is 0.356 e. The molecule has 0 spiro atoms. The van der Waals surface area contributed by atoms with Crippen molar-refractivity contribution in [2.45, 2.75) is 25.7 Å². The Balaban J connectivity index is 1.62. The van der Waals surface area contributed by atoms with Crippen molar-refractivity contribution in [3.8, 4) is 0 Å². The molecule has 1 aliphatic heterocycles. The number of nitrogens with one attached hydrogen (secondary N) is 2. The number of piperidine rings is 1. The molecule has 1 aromatic rings. The van der Waals surface area contributed by atoms with E-state index in [1.165, 1.54) is 31.0 Å². The number of amides is 2. The minimum absolute atomic E-state index is 0.0773. The molecule has 2 N–H and O–H groups in total. The SMILES string of the molecule is CN1CCC(CCNC(=O)CCNC(=O)c2cc(F)ccc2Br)CC1. The molecule has 0 saturated carbocycles. The van der Waals surface area contributed by atoms with Crippen molar-refractivity contribution in [3.05, 3.63) is 34.1 Å². The summed E-state index contributed by atoms with van der Waals surface area (Å²) in [5.74, 6) is -0.265. The number of hydrogen-bond donors (Lipinski definition) is 2. The molecule has 1 saturated heterocycles. The summed E-state index contributed by atoms with van der Waals surface area (Å²) in [5, 5.41) is 5.54. The summed E-state index contributed by atoms with van der Waals surface area (Å²) in [6.07, 6.45) is 3.59. The van der Waals surface area contributed by atoms with Crippen LogP contribution in [0.4, 0.5) is 4.39 Å². The van der Waals surface area contributed by atoms with Crippen LogP contribution < -0.4 is 10.6 Å². The van der Waals surface area contributed by atoms with E-state index in [4.69, 9.17) is 0 Å². The number of nitrogens with zero attached hydrogens (tertiary/aromatic N) is 1. The molecule has 0 aliphatic carbocycles. The van der Waals surface area contributed by atoms with E-state index in [1.54, 1.807) is 0 Å². The van der Waals surface area contributed by atoms with E-state index in [0.717, 1.165) is 19.5 Å². The summed E-state index contributed by atoms with van der Waals surface area (Å²) in [7, 11) is 2.13.